The van der Waals surface area contributed by atoms with Crippen molar-refractivity contribution in [2.24, 2.45) is 0 Å². The van der Waals surface area contributed by atoms with Gasteiger partial charge in [-0.15, -0.1) is 10.2 Å². The molecule has 1 aliphatic heterocycles. The van der Waals surface area contributed by atoms with E-state index in [0.717, 1.165) is 26.4 Å². The van der Waals surface area contributed by atoms with Crippen LogP contribution in [0.15, 0.2) is 26.9 Å². The van der Waals surface area contributed by atoms with Gasteiger partial charge in [0.15, 0.2) is 14.5 Å². The number of anilines is 1. The van der Waals surface area contributed by atoms with Crippen molar-refractivity contribution >= 4 is 52.2 Å². The first-order valence-electron chi connectivity index (χ1n) is 7.49. The van der Waals surface area contributed by atoms with Gasteiger partial charge in [-0.25, -0.2) is 0 Å². The van der Waals surface area contributed by atoms with Gasteiger partial charge in [0, 0.05) is 24.7 Å². The van der Waals surface area contributed by atoms with Crippen LogP contribution in [0.3, 0.4) is 0 Å². The molecule has 0 fully saturated rings. The van der Waals surface area contributed by atoms with E-state index in [2.05, 4.69) is 10.2 Å². The molecule has 126 valence electrons. The van der Waals surface area contributed by atoms with Gasteiger partial charge in [0.05, 0.1) is 5.25 Å². The fourth-order valence-electron chi connectivity index (χ4n) is 2.65. The molecule has 0 saturated carbocycles. The van der Waals surface area contributed by atoms with Crippen LogP contribution in [0.4, 0.5) is 5.69 Å². The SMILES string of the molecule is CSc1nnc(SC(C)C(=O)c2ccc3c(c2)CCN3C(C)=O)s1. The molecule has 1 atom stereocenters. The van der Waals surface area contributed by atoms with Crippen LogP contribution < -0.4 is 4.90 Å². The highest BCUT2D eigenvalue weighted by Crippen LogP contribution is 2.33. The molecule has 0 saturated heterocycles. The van der Waals surface area contributed by atoms with Crippen molar-refractivity contribution in [1.82, 2.24) is 10.2 Å². The number of benzene rings is 1. The van der Waals surface area contributed by atoms with Crippen molar-refractivity contribution in [3.05, 3.63) is 29.3 Å². The first-order chi connectivity index (χ1) is 11.5. The molecule has 1 aromatic carbocycles. The number of thioether (sulfide) groups is 2. The van der Waals surface area contributed by atoms with Crippen LogP contribution >= 0.6 is 34.9 Å². The van der Waals surface area contributed by atoms with Crippen molar-refractivity contribution in [3.63, 3.8) is 0 Å². The van der Waals surface area contributed by atoms with Gasteiger partial charge in [-0.1, -0.05) is 34.9 Å². The van der Waals surface area contributed by atoms with E-state index in [4.69, 9.17) is 0 Å². The zero-order chi connectivity index (χ0) is 17.3. The van der Waals surface area contributed by atoms with Gasteiger partial charge in [-0.3, -0.25) is 9.59 Å². The zero-order valence-electron chi connectivity index (χ0n) is 13.6. The highest BCUT2D eigenvalue weighted by atomic mass is 32.2. The molecule has 0 radical (unpaired) electrons. The average Bonchev–Trinajstić information content (AvgIpc) is 3.19. The first-order valence-corrected chi connectivity index (χ1v) is 10.4. The summed E-state index contributed by atoms with van der Waals surface area (Å²) in [5, 5.41) is 7.93. The molecule has 0 bridgehead atoms. The number of fused-ring (bicyclic) bond motifs is 1. The van der Waals surface area contributed by atoms with E-state index in [-0.39, 0.29) is 16.9 Å². The van der Waals surface area contributed by atoms with Gasteiger partial charge < -0.3 is 4.90 Å². The monoisotopic (exact) mass is 379 g/mol. The van der Waals surface area contributed by atoms with E-state index >= 15 is 0 Å². The third-order valence-corrected chi connectivity index (χ3v) is 6.93. The Morgan fingerprint density at radius 1 is 1.29 bits per heavy atom. The summed E-state index contributed by atoms with van der Waals surface area (Å²) in [6.07, 6.45) is 2.75. The van der Waals surface area contributed by atoms with Crippen LogP contribution in [0, 0.1) is 0 Å². The molecule has 0 aliphatic carbocycles. The van der Waals surface area contributed by atoms with Crippen LogP contribution in [0.1, 0.15) is 29.8 Å². The molecular formula is C16H17N3O2S3. The van der Waals surface area contributed by atoms with Gasteiger partial charge in [-0.2, -0.15) is 0 Å². The van der Waals surface area contributed by atoms with Gasteiger partial charge in [-0.05, 0) is 43.4 Å². The number of nitrogens with zero attached hydrogens (tertiary/aromatic N) is 3. The third-order valence-electron chi connectivity index (χ3n) is 3.85. The van der Waals surface area contributed by atoms with Crippen LogP contribution in [-0.2, 0) is 11.2 Å². The molecule has 3 rings (SSSR count). The Kier molecular flexibility index (Phi) is 5.27. The first kappa shape index (κ1) is 17.4. The fourth-order valence-corrected chi connectivity index (χ4v) is 5.31. The Labute approximate surface area is 153 Å². The molecule has 1 aliphatic rings. The van der Waals surface area contributed by atoms with E-state index in [0.29, 0.717) is 12.1 Å². The quantitative estimate of drug-likeness (QED) is 0.585. The third kappa shape index (κ3) is 3.50. The number of ketones is 1. The second-order valence-corrected chi connectivity index (χ2v) is 9.05. The maximum Gasteiger partial charge on any atom is 0.223 e. The number of rotatable bonds is 5. The van der Waals surface area contributed by atoms with Crippen molar-refractivity contribution in [2.75, 3.05) is 17.7 Å². The van der Waals surface area contributed by atoms with Gasteiger partial charge >= 0.3 is 0 Å². The standard InChI is InChI=1S/C16H17N3O2S3/c1-9(23-16-18-17-15(22-3)24-16)14(21)12-4-5-13-11(8-12)6-7-19(13)10(2)20/h4-5,8-9H,6-7H2,1-3H3. The normalized spacial score (nSPS) is 14.5. The van der Waals surface area contributed by atoms with Crippen molar-refractivity contribution in [1.29, 1.82) is 0 Å². The summed E-state index contributed by atoms with van der Waals surface area (Å²) in [5.41, 5.74) is 2.68. The lowest BCUT2D eigenvalue weighted by atomic mass is 10.0. The molecule has 1 aromatic heterocycles. The fraction of sp³-hybridized carbons (Fsp3) is 0.375. The molecule has 0 spiro atoms. The minimum absolute atomic E-state index is 0.0395. The van der Waals surface area contributed by atoms with Crippen LogP contribution in [0.5, 0.6) is 0 Å². The largest absolute Gasteiger partial charge is 0.312 e. The number of Topliss-reactive ketones (excluding diaryl/α,β-unsaturated/α-hetero) is 1. The van der Waals surface area contributed by atoms with Gasteiger partial charge in [0.1, 0.15) is 0 Å². The minimum Gasteiger partial charge on any atom is -0.312 e. The molecule has 24 heavy (non-hydrogen) atoms. The van der Waals surface area contributed by atoms with Gasteiger partial charge in [0.2, 0.25) is 5.91 Å². The van der Waals surface area contributed by atoms with Crippen molar-refractivity contribution < 1.29 is 9.59 Å². The summed E-state index contributed by atoms with van der Waals surface area (Å²) in [5.74, 6) is 0.114. The molecule has 1 unspecified atom stereocenters. The van der Waals surface area contributed by atoms with E-state index < -0.39 is 0 Å². The number of carbonyl (C=O) groups is 2. The number of hydrogen-bond acceptors (Lipinski definition) is 7. The summed E-state index contributed by atoms with van der Waals surface area (Å²) in [6.45, 7) is 4.15. The van der Waals surface area contributed by atoms with Crippen LogP contribution in [0.2, 0.25) is 0 Å². The lowest BCUT2D eigenvalue weighted by molar-refractivity contribution is -0.116. The summed E-state index contributed by atoms with van der Waals surface area (Å²) in [7, 11) is 0. The summed E-state index contributed by atoms with van der Waals surface area (Å²) >= 11 is 4.50. The average molecular weight is 380 g/mol. The Balaban J connectivity index is 1.74. The molecule has 2 heterocycles. The van der Waals surface area contributed by atoms with E-state index in [1.807, 2.05) is 31.4 Å². The summed E-state index contributed by atoms with van der Waals surface area (Å²) < 4.78 is 1.71. The highest BCUT2D eigenvalue weighted by molar-refractivity contribution is 8.03. The Morgan fingerprint density at radius 2 is 2.04 bits per heavy atom. The van der Waals surface area contributed by atoms with E-state index in [1.165, 1.54) is 23.1 Å². The minimum atomic E-state index is -0.226. The molecule has 2 aromatic rings. The number of aromatic nitrogens is 2. The second kappa shape index (κ2) is 7.25. The topological polar surface area (TPSA) is 63.2 Å². The maximum absolute atomic E-state index is 12.7. The zero-order valence-corrected chi connectivity index (χ0v) is 16.1. The maximum atomic E-state index is 12.7. The molecule has 8 heteroatoms. The van der Waals surface area contributed by atoms with Crippen molar-refractivity contribution in [2.45, 2.75) is 34.2 Å². The predicted molar refractivity (Wildman–Crippen MR) is 99.5 cm³/mol. The van der Waals surface area contributed by atoms with Crippen LogP contribution in [0.25, 0.3) is 0 Å². The molecular weight excluding hydrogens is 362 g/mol. The van der Waals surface area contributed by atoms with E-state index in [1.54, 1.807) is 23.6 Å². The smallest absolute Gasteiger partial charge is 0.223 e. The molecule has 5 nitrogen and oxygen atoms in total. The second-order valence-electron chi connectivity index (χ2n) is 5.43. The Bertz CT molecular complexity index is 791. The molecule has 1 amide bonds. The summed E-state index contributed by atoms with van der Waals surface area (Å²) in [4.78, 5) is 26.1. The number of amides is 1. The Morgan fingerprint density at radius 3 is 2.71 bits per heavy atom. The van der Waals surface area contributed by atoms with E-state index in [9.17, 15) is 9.59 Å². The number of hydrogen-bond donors (Lipinski definition) is 0. The van der Waals surface area contributed by atoms with Crippen LogP contribution in [-0.4, -0.2) is 39.9 Å². The van der Waals surface area contributed by atoms with Crippen molar-refractivity contribution in [3.8, 4) is 0 Å². The lowest BCUT2D eigenvalue weighted by Crippen LogP contribution is -2.25. The lowest BCUT2D eigenvalue weighted by Gasteiger charge is -2.15. The molecule has 0 N–H and O–H groups in total. The number of carbonyl (C=O) groups excluding carboxylic acids is 2. The highest BCUT2D eigenvalue weighted by Gasteiger charge is 2.25. The predicted octanol–water partition coefficient (Wildman–Crippen LogP) is 3.53. The van der Waals surface area contributed by atoms with Gasteiger partial charge in [0.25, 0.3) is 0 Å². The Hall–Kier alpha value is -1.38. The summed E-state index contributed by atoms with van der Waals surface area (Å²) in [6, 6.07) is 5.61.